The number of pyridine rings is 1. The predicted molar refractivity (Wildman–Crippen MR) is 81.6 cm³/mol. The molecule has 2 aromatic heterocycles. The van der Waals surface area contributed by atoms with Crippen molar-refractivity contribution in [3.05, 3.63) is 36.3 Å². The topological polar surface area (TPSA) is 63.0 Å². The summed E-state index contributed by atoms with van der Waals surface area (Å²) in [6.45, 7) is 1.37. The molecule has 5 heteroatoms. The molecule has 0 spiro atoms. The summed E-state index contributed by atoms with van der Waals surface area (Å²) in [6.07, 6.45) is 9.67. The fourth-order valence-electron chi connectivity index (χ4n) is 3.06. The molecule has 21 heavy (non-hydrogen) atoms. The highest BCUT2D eigenvalue weighted by Gasteiger charge is 2.30. The summed E-state index contributed by atoms with van der Waals surface area (Å²) in [6, 6.07) is 3.94. The van der Waals surface area contributed by atoms with Crippen molar-refractivity contribution < 1.29 is 5.11 Å². The molecular weight excluding hydrogens is 264 g/mol. The van der Waals surface area contributed by atoms with Crippen LogP contribution in [-0.4, -0.2) is 32.0 Å². The summed E-state index contributed by atoms with van der Waals surface area (Å²) < 4.78 is 1.83. The zero-order chi connectivity index (χ0) is 14.7. The number of hydrogen-bond acceptors (Lipinski definition) is 4. The van der Waals surface area contributed by atoms with Gasteiger partial charge in [0.25, 0.3) is 0 Å². The van der Waals surface area contributed by atoms with Gasteiger partial charge in [-0.1, -0.05) is 12.8 Å². The van der Waals surface area contributed by atoms with Crippen LogP contribution in [0.15, 0.2) is 30.7 Å². The largest absolute Gasteiger partial charge is 0.389 e. The van der Waals surface area contributed by atoms with Crippen LogP contribution < -0.4 is 5.32 Å². The Morgan fingerprint density at radius 2 is 2.00 bits per heavy atom. The van der Waals surface area contributed by atoms with E-state index in [1.165, 1.54) is 0 Å². The summed E-state index contributed by atoms with van der Waals surface area (Å²) in [4.78, 5) is 4.05. The number of hydrogen-bond donors (Lipinski definition) is 2. The molecule has 0 bridgehead atoms. The molecule has 2 aromatic rings. The van der Waals surface area contributed by atoms with E-state index in [1.54, 1.807) is 12.4 Å². The lowest BCUT2D eigenvalue weighted by Crippen LogP contribution is -2.37. The van der Waals surface area contributed by atoms with Gasteiger partial charge in [-0.05, 0) is 25.0 Å². The monoisotopic (exact) mass is 286 g/mol. The first-order valence-corrected chi connectivity index (χ1v) is 7.52. The van der Waals surface area contributed by atoms with E-state index < -0.39 is 5.60 Å². The molecule has 3 rings (SSSR count). The van der Waals surface area contributed by atoms with E-state index >= 15 is 0 Å². The second kappa shape index (κ2) is 5.95. The minimum atomic E-state index is -0.515. The molecule has 1 aliphatic carbocycles. The van der Waals surface area contributed by atoms with Crippen molar-refractivity contribution in [1.82, 2.24) is 20.1 Å². The maximum atomic E-state index is 10.4. The standard InChI is InChI=1S/C16H22N4O/c1-20-11-14(10-18-12-16(21)6-2-3-7-16)15(19-20)13-4-8-17-9-5-13/h4-5,8-9,11,18,21H,2-3,6-7,10,12H2,1H3. The van der Waals surface area contributed by atoms with Crippen molar-refractivity contribution >= 4 is 0 Å². The van der Waals surface area contributed by atoms with Crippen LogP contribution in [0.3, 0.4) is 0 Å². The Bertz CT molecular complexity index is 588. The zero-order valence-corrected chi connectivity index (χ0v) is 12.4. The van der Waals surface area contributed by atoms with Gasteiger partial charge in [-0.25, -0.2) is 0 Å². The van der Waals surface area contributed by atoms with Crippen LogP contribution in [0.4, 0.5) is 0 Å². The van der Waals surface area contributed by atoms with E-state index in [0.29, 0.717) is 13.1 Å². The van der Waals surface area contributed by atoms with Crippen LogP contribution in [-0.2, 0) is 13.6 Å². The molecule has 2 heterocycles. The fourth-order valence-corrected chi connectivity index (χ4v) is 3.06. The van der Waals surface area contributed by atoms with Crippen molar-refractivity contribution in [2.45, 2.75) is 37.8 Å². The third-order valence-corrected chi connectivity index (χ3v) is 4.16. The molecule has 1 aliphatic rings. The van der Waals surface area contributed by atoms with Gasteiger partial charge in [0.2, 0.25) is 0 Å². The van der Waals surface area contributed by atoms with Gasteiger partial charge in [0, 0.05) is 49.9 Å². The molecule has 0 unspecified atom stereocenters. The third-order valence-electron chi connectivity index (χ3n) is 4.16. The maximum absolute atomic E-state index is 10.4. The van der Waals surface area contributed by atoms with Crippen LogP contribution in [0.25, 0.3) is 11.3 Å². The van der Waals surface area contributed by atoms with Gasteiger partial charge in [0.05, 0.1) is 11.3 Å². The predicted octanol–water partition coefficient (Wildman–Crippen LogP) is 1.88. The second-order valence-corrected chi connectivity index (χ2v) is 5.95. The fraction of sp³-hybridized carbons (Fsp3) is 0.500. The quantitative estimate of drug-likeness (QED) is 0.881. The highest BCUT2D eigenvalue weighted by atomic mass is 16.3. The lowest BCUT2D eigenvalue weighted by Gasteiger charge is -2.22. The molecule has 0 atom stereocenters. The number of aliphatic hydroxyl groups is 1. The minimum absolute atomic E-state index is 0.515. The van der Waals surface area contributed by atoms with Crippen molar-refractivity contribution in [2.75, 3.05) is 6.54 Å². The van der Waals surface area contributed by atoms with Gasteiger partial charge in [-0.2, -0.15) is 5.10 Å². The van der Waals surface area contributed by atoms with Crippen molar-refractivity contribution in [3.8, 4) is 11.3 Å². The summed E-state index contributed by atoms with van der Waals surface area (Å²) in [5.41, 5.74) is 2.68. The van der Waals surface area contributed by atoms with Crippen molar-refractivity contribution in [3.63, 3.8) is 0 Å². The van der Waals surface area contributed by atoms with Gasteiger partial charge >= 0.3 is 0 Å². The van der Waals surface area contributed by atoms with Crippen LogP contribution in [0, 0.1) is 0 Å². The van der Waals surface area contributed by atoms with Crippen LogP contribution >= 0.6 is 0 Å². The number of rotatable bonds is 5. The molecule has 112 valence electrons. The number of aromatic nitrogens is 3. The number of nitrogens with zero attached hydrogens (tertiary/aromatic N) is 3. The Kier molecular flexibility index (Phi) is 4.03. The first-order valence-electron chi connectivity index (χ1n) is 7.52. The molecule has 0 aliphatic heterocycles. The third kappa shape index (κ3) is 3.31. The second-order valence-electron chi connectivity index (χ2n) is 5.95. The smallest absolute Gasteiger partial charge is 0.0969 e. The van der Waals surface area contributed by atoms with Gasteiger partial charge in [0.1, 0.15) is 0 Å². The van der Waals surface area contributed by atoms with E-state index in [9.17, 15) is 5.11 Å². The van der Waals surface area contributed by atoms with Crippen LogP contribution in [0.5, 0.6) is 0 Å². The van der Waals surface area contributed by atoms with Gasteiger partial charge in [0.15, 0.2) is 0 Å². The average Bonchev–Trinajstić information content (AvgIpc) is 3.07. The minimum Gasteiger partial charge on any atom is -0.389 e. The van der Waals surface area contributed by atoms with Crippen molar-refractivity contribution in [1.29, 1.82) is 0 Å². The number of aryl methyl sites for hydroxylation is 1. The normalized spacial score (nSPS) is 17.2. The lowest BCUT2D eigenvalue weighted by atomic mass is 10.0. The van der Waals surface area contributed by atoms with E-state index in [0.717, 1.165) is 42.5 Å². The lowest BCUT2D eigenvalue weighted by molar-refractivity contribution is 0.0475. The summed E-state index contributed by atoms with van der Waals surface area (Å²) in [7, 11) is 1.93. The van der Waals surface area contributed by atoms with E-state index in [1.807, 2.05) is 30.1 Å². The van der Waals surface area contributed by atoms with Gasteiger partial charge < -0.3 is 10.4 Å². The summed E-state index contributed by atoms with van der Waals surface area (Å²) >= 11 is 0. The van der Waals surface area contributed by atoms with Crippen molar-refractivity contribution in [2.24, 2.45) is 7.05 Å². The van der Waals surface area contributed by atoms with Crippen LogP contribution in [0.2, 0.25) is 0 Å². The molecule has 0 saturated heterocycles. The Morgan fingerprint density at radius 1 is 1.29 bits per heavy atom. The Balaban J connectivity index is 1.68. The molecule has 1 fully saturated rings. The first kappa shape index (κ1) is 14.2. The number of nitrogens with one attached hydrogen (secondary N) is 1. The summed E-state index contributed by atoms with van der Waals surface area (Å²) in [5.74, 6) is 0. The molecule has 0 radical (unpaired) electrons. The maximum Gasteiger partial charge on any atom is 0.0969 e. The van der Waals surface area contributed by atoms with Gasteiger partial charge in [-0.3, -0.25) is 9.67 Å². The van der Waals surface area contributed by atoms with Gasteiger partial charge in [-0.15, -0.1) is 0 Å². The molecule has 2 N–H and O–H groups in total. The highest BCUT2D eigenvalue weighted by molar-refractivity contribution is 5.61. The average molecular weight is 286 g/mol. The van der Waals surface area contributed by atoms with Crippen LogP contribution in [0.1, 0.15) is 31.2 Å². The molecule has 0 amide bonds. The Labute approximate surface area is 125 Å². The molecule has 0 aromatic carbocycles. The van der Waals surface area contributed by atoms with E-state index in [4.69, 9.17) is 0 Å². The van der Waals surface area contributed by atoms with E-state index in [-0.39, 0.29) is 0 Å². The molecule has 1 saturated carbocycles. The SMILES string of the molecule is Cn1cc(CNCC2(O)CCCC2)c(-c2ccncc2)n1. The highest BCUT2D eigenvalue weighted by Crippen LogP contribution is 2.29. The molecule has 5 nitrogen and oxygen atoms in total. The Hall–Kier alpha value is -1.72. The Morgan fingerprint density at radius 3 is 2.71 bits per heavy atom. The first-order chi connectivity index (χ1) is 10.2. The zero-order valence-electron chi connectivity index (χ0n) is 12.4. The molecular formula is C16H22N4O. The summed E-state index contributed by atoms with van der Waals surface area (Å²) in [5, 5.41) is 18.3. The van der Waals surface area contributed by atoms with E-state index in [2.05, 4.69) is 15.4 Å².